The van der Waals surface area contributed by atoms with Gasteiger partial charge in [-0.15, -0.1) is 0 Å². The number of benzene rings is 2. The molecule has 0 aliphatic rings. The predicted molar refractivity (Wildman–Crippen MR) is 137 cm³/mol. The number of nitrogens with one attached hydrogen (secondary N) is 2. The molecule has 4 aromatic rings. The summed E-state index contributed by atoms with van der Waals surface area (Å²) in [6.07, 6.45) is 7.75. The molecule has 2 aromatic carbocycles. The fourth-order valence-corrected chi connectivity index (χ4v) is 3.52. The third-order valence-corrected chi connectivity index (χ3v) is 5.11. The minimum Gasteiger partial charge on any atom is -0.444 e. The number of carbonyl (C=O) groups is 3. The molecule has 0 aliphatic carbocycles. The van der Waals surface area contributed by atoms with E-state index in [9.17, 15) is 14.4 Å². The first-order chi connectivity index (χ1) is 17.2. The van der Waals surface area contributed by atoms with Gasteiger partial charge < -0.3 is 19.2 Å². The Morgan fingerprint density at radius 2 is 1.61 bits per heavy atom. The summed E-state index contributed by atoms with van der Waals surface area (Å²) in [6, 6.07) is 15.9. The van der Waals surface area contributed by atoms with E-state index in [1.165, 1.54) is 0 Å². The Hall–Kier alpha value is -4.66. The number of nitrogens with zero attached hydrogens (tertiary/aromatic N) is 3. The molecule has 2 amide bonds. The van der Waals surface area contributed by atoms with Crippen LogP contribution in [0.25, 0.3) is 11.4 Å². The summed E-state index contributed by atoms with van der Waals surface area (Å²) in [5.74, 6) is -0.845. The third kappa shape index (κ3) is 6.26. The minimum absolute atomic E-state index is 0.335. The Morgan fingerprint density at radius 3 is 2.31 bits per heavy atom. The smallest absolute Gasteiger partial charge is 0.412 e. The zero-order chi connectivity index (χ0) is 25.7. The van der Waals surface area contributed by atoms with E-state index in [1.807, 2.05) is 35.2 Å². The van der Waals surface area contributed by atoms with Gasteiger partial charge in [0.1, 0.15) is 5.60 Å². The number of rotatable bonds is 7. The molecular formula is C27H27N5O4. The first-order valence-corrected chi connectivity index (χ1v) is 11.4. The van der Waals surface area contributed by atoms with Gasteiger partial charge in [0.05, 0.1) is 24.1 Å². The van der Waals surface area contributed by atoms with E-state index in [2.05, 4.69) is 15.6 Å². The summed E-state index contributed by atoms with van der Waals surface area (Å²) in [6.45, 7) is 5.29. The maximum absolute atomic E-state index is 12.9. The van der Waals surface area contributed by atoms with Crippen LogP contribution in [-0.2, 0) is 9.53 Å². The second-order valence-corrected chi connectivity index (χ2v) is 9.12. The molecule has 184 valence electrons. The molecule has 9 heteroatoms. The van der Waals surface area contributed by atoms with Gasteiger partial charge in [0.25, 0.3) is 0 Å². The van der Waals surface area contributed by atoms with E-state index >= 15 is 0 Å². The van der Waals surface area contributed by atoms with Crippen LogP contribution in [-0.4, -0.2) is 37.5 Å². The van der Waals surface area contributed by atoms with Crippen molar-refractivity contribution in [3.63, 3.8) is 0 Å². The topological polar surface area (TPSA) is 107 Å². The molecule has 0 fully saturated rings. The Morgan fingerprint density at radius 1 is 0.861 bits per heavy atom. The summed E-state index contributed by atoms with van der Waals surface area (Å²) in [5, 5.41) is 5.44. The van der Waals surface area contributed by atoms with E-state index in [0.717, 1.165) is 11.4 Å². The van der Waals surface area contributed by atoms with Gasteiger partial charge in [-0.3, -0.25) is 14.9 Å². The van der Waals surface area contributed by atoms with Crippen LogP contribution in [0.5, 0.6) is 0 Å². The van der Waals surface area contributed by atoms with Gasteiger partial charge in [-0.05, 0) is 63.2 Å². The van der Waals surface area contributed by atoms with Crippen molar-refractivity contribution in [3.05, 3.63) is 91.3 Å². The van der Waals surface area contributed by atoms with Crippen LogP contribution in [0.15, 0.2) is 85.7 Å². The Bertz CT molecular complexity index is 1370. The first-order valence-electron chi connectivity index (χ1n) is 11.4. The maximum atomic E-state index is 12.9. The van der Waals surface area contributed by atoms with Crippen LogP contribution in [0, 0.1) is 0 Å². The van der Waals surface area contributed by atoms with Gasteiger partial charge in [-0.25, -0.2) is 9.78 Å². The Kier molecular flexibility index (Phi) is 7.00. The molecule has 0 aliphatic heterocycles. The number of amides is 2. The van der Waals surface area contributed by atoms with E-state index in [1.54, 1.807) is 80.5 Å². The van der Waals surface area contributed by atoms with Crippen LogP contribution in [0.3, 0.4) is 0 Å². The monoisotopic (exact) mass is 485 g/mol. The lowest BCUT2D eigenvalue weighted by Gasteiger charge is -2.21. The quantitative estimate of drug-likeness (QED) is 0.276. The molecule has 0 radical (unpaired) electrons. The SMILES string of the molecule is CC(C)(C)OC(=O)Nc1ccc(-n2cccc2)cc1NC(=O)CC(=O)c1cccc(-n2ccnc2)c1. The van der Waals surface area contributed by atoms with E-state index in [0.29, 0.717) is 16.9 Å². The standard InChI is InChI=1S/C27H27N5O4/c1-27(2,3)36-26(35)30-22-10-9-21(31-12-4-5-13-31)16-23(22)29-25(34)17-24(33)19-7-6-8-20(15-19)32-14-11-28-18-32/h4-16,18H,17H2,1-3H3,(H,29,34)(H,30,35). The largest absolute Gasteiger partial charge is 0.444 e. The highest BCUT2D eigenvalue weighted by atomic mass is 16.6. The fraction of sp³-hybridized carbons (Fsp3) is 0.185. The molecule has 0 bridgehead atoms. The van der Waals surface area contributed by atoms with Crippen molar-refractivity contribution in [2.24, 2.45) is 0 Å². The third-order valence-electron chi connectivity index (χ3n) is 5.11. The Balaban J connectivity index is 1.52. The molecule has 2 heterocycles. The number of anilines is 2. The van der Waals surface area contributed by atoms with Gasteiger partial charge in [-0.1, -0.05) is 12.1 Å². The van der Waals surface area contributed by atoms with Crippen molar-refractivity contribution in [3.8, 4) is 11.4 Å². The summed E-state index contributed by atoms with van der Waals surface area (Å²) >= 11 is 0. The number of ether oxygens (including phenoxy) is 1. The summed E-state index contributed by atoms with van der Waals surface area (Å²) in [4.78, 5) is 42.1. The normalized spacial score (nSPS) is 11.1. The number of carbonyl (C=O) groups excluding carboxylic acids is 3. The van der Waals surface area contributed by atoms with Crippen molar-refractivity contribution < 1.29 is 19.1 Å². The molecule has 0 saturated carbocycles. The van der Waals surface area contributed by atoms with Gasteiger partial charge >= 0.3 is 6.09 Å². The molecule has 2 N–H and O–H groups in total. The van der Waals surface area contributed by atoms with Crippen molar-refractivity contribution in [1.82, 2.24) is 14.1 Å². The molecule has 2 aromatic heterocycles. The van der Waals surface area contributed by atoms with E-state index < -0.39 is 17.6 Å². The minimum atomic E-state index is -0.684. The van der Waals surface area contributed by atoms with Gasteiger partial charge in [0.15, 0.2) is 5.78 Å². The summed E-state index contributed by atoms with van der Waals surface area (Å²) in [5.41, 5.74) is 1.95. The average molecular weight is 486 g/mol. The van der Waals surface area contributed by atoms with Gasteiger partial charge in [0.2, 0.25) is 5.91 Å². The van der Waals surface area contributed by atoms with Gasteiger partial charge in [0, 0.05) is 41.7 Å². The number of Topliss-reactive ketones (excluding diaryl/α,β-unsaturated/α-hetero) is 1. The molecule has 36 heavy (non-hydrogen) atoms. The summed E-state index contributed by atoms with van der Waals surface area (Å²) in [7, 11) is 0. The van der Waals surface area contributed by atoms with Crippen LogP contribution in [0.1, 0.15) is 37.6 Å². The molecule has 0 atom stereocenters. The Labute approximate surface area is 208 Å². The van der Waals surface area contributed by atoms with Crippen LogP contribution >= 0.6 is 0 Å². The average Bonchev–Trinajstić information content (AvgIpc) is 3.54. The van der Waals surface area contributed by atoms with Crippen LogP contribution < -0.4 is 10.6 Å². The van der Waals surface area contributed by atoms with Crippen molar-refractivity contribution in [2.75, 3.05) is 10.6 Å². The number of hydrogen-bond donors (Lipinski definition) is 2. The lowest BCUT2D eigenvalue weighted by molar-refractivity contribution is -0.115. The molecular weight excluding hydrogens is 458 g/mol. The van der Waals surface area contributed by atoms with Crippen molar-refractivity contribution in [1.29, 1.82) is 0 Å². The lowest BCUT2D eigenvalue weighted by atomic mass is 10.1. The second kappa shape index (κ2) is 10.3. The predicted octanol–water partition coefficient (Wildman–Crippen LogP) is 5.22. The number of ketones is 1. The number of aromatic nitrogens is 3. The summed E-state index contributed by atoms with van der Waals surface area (Å²) < 4.78 is 8.98. The zero-order valence-electron chi connectivity index (χ0n) is 20.3. The highest BCUT2D eigenvalue weighted by molar-refractivity contribution is 6.12. The fourth-order valence-electron chi connectivity index (χ4n) is 3.52. The first kappa shape index (κ1) is 24.5. The zero-order valence-corrected chi connectivity index (χ0v) is 20.3. The molecule has 9 nitrogen and oxygen atoms in total. The van der Waals surface area contributed by atoms with Crippen LogP contribution in [0.4, 0.5) is 16.2 Å². The van der Waals surface area contributed by atoms with E-state index in [-0.39, 0.29) is 12.2 Å². The molecule has 0 saturated heterocycles. The van der Waals surface area contributed by atoms with Crippen molar-refractivity contribution in [2.45, 2.75) is 32.8 Å². The molecule has 0 spiro atoms. The molecule has 4 rings (SSSR count). The number of hydrogen-bond acceptors (Lipinski definition) is 5. The van der Waals surface area contributed by atoms with Gasteiger partial charge in [-0.2, -0.15) is 0 Å². The number of imidazole rings is 1. The lowest BCUT2D eigenvalue weighted by Crippen LogP contribution is -2.27. The highest BCUT2D eigenvalue weighted by Crippen LogP contribution is 2.27. The molecule has 0 unspecified atom stereocenters. The maximum Gasteiger partial charge on any atom is 0.412 e. The van der Waals surface area contributed by atoms with E-state index in [4.69, 9.17) is 4.74 Å². The van der Waals surface area contributed by atoms with Crippen LogP contribution in [0.2, 0.25) is 0 Å². The highest BCUT2D eigenvalue weighted by Gasteiger charge is 2.19. The second-order valence-electron chi connectivity index (χ2n) is 9.12. The van der Waals surface area contributed by atoms with Crippen molar-refractivity contribution >= 4 is 29.2 Å².